The third-order valence-electron chi connectivity index (χ3n) is 3.29. The van der Waals surface area contributed by atoms with Crippen LogP contribution in [0.5, 0.6) is 0 Å². The number of rotatable bonds is 3. The van der Waals surface area contributed by atoms with Gasteiger partial charge in [-0.3, -0.25) is 9.89 Å². The van der Waals surface area contributed by atoms with Gasteiger partial charge in [0.15, 0.2) is 5.69 Å². The maximum atomic E-state index is 11.3. The minimum absolute atomic E-state index is 0.111. The fourth-order valence-corrected chi connectivity index (χ4v) is 2.08. The molecule has 0 spiro atoms. The molecule has 3 rings (SSSR count). The average molecular weight is 299 g/mol. The number of nitrogens with two attached hydrogens (primary N) is 1. The van der Waals surface area contributed by atoms with E-state index < -0.39 is 5.91 Å². The van der Waals surface area contributed by atoms with Crippen LogP contribution in [-0.4, -0.2) is 21.1 Å². The van der Waals surface area contributed by atoms with Crippen LogP contribution in [0.3, 0.4) is 0 Å². The van der Waals surface area contributed by atoms with Crippen LogP contribution in [-0.2, 0) is 5.41 Å². The number of nitrogens with one attached hydrogen (secondary N) is 2. The number of aromatic amines is 1. The number of anilines is 2. The van der Waals surface area contributed by atoms with Gasteiger partial charge in [0.25, 0.3) is 11.9 Å². The van der Waals surface area contributed by atoms with Gasteiger partial charge in [0, 0.05) is 16.5 Å². The topological polar surface area (TPSA) is 110 Å². The number of carbonyl (C=O) groups excluding carboxylic acids is 1. The van der Waals surface area contributed by atoms with Crippen LogP contribution in [0, 0.1) is 0 Å². The lowest BCUT2D eigenvalue weighted by atomic mass is 9.94. The molecule has 2 heterocycles. The zero-order chi connectivity index (χ0) is 15.9. The van der Waals surface area contributed by atoms with Crippen LogP contribution < -0.4 is 11.1 Å². The van der Waals surface area contributed by atoms with Gasteiger partial charge in [0.05, 0.1) is 11.7 Å². The molecule has 0 aliphatic carbocycles. The third kappa shape index (κ3) is 2.52. The molecule has 1 aromatic carbocycles. The van der Waals surface area contributed by atoms with E-state index >= 15 is 0 Å². The number of amides is 1. The Balaban J connectivity index is 1.92. The first-order chi connectivity index (χ1) is 10.3. The summed E-state index contributed by atoms with van der Waals surface area (Å²) >= 11 is 0. The molecule has 0 aliphatic heterocycles. The first kappa shape index (κ1) is 14.1. The van der Waals surface area contributed by atoms with Crippen molar-refractivity contribution < 1.29 is 9.21 Å². The van der Waals surface area contributed by atoms with Crippen LogP contribution in [0.2, 0.25) is 0 Å². The average Bonchev–Trinajstić information content (AvgIpc) is 3.04. The highest BCUT2D eigenvalue weighted by Crippen LogP contribution is 2.27. The smallest absolute Gasteiger partial charge is 0.299 e. The summed E-state index contributed by atoms with van der Waals surface area (Å²) in [6.07, 6.45) is 1.70. The number of hydrogen-bond donors (Lipinski definition) is 3. The molecule has 0 saturated heterocycles. The Bertz CT molecular complexity index is 841. The Kier molecular flexibility index (Phi) is 3.13. The number of aromatic nitrogens is 3. The maximum Gasteiger partial charge on any atom is 0.299 e. The van der Waals surface area contributed by atoms with Crippen molar-refractivity contribution in [2.75, 3.05) is 5.32 Å². The number of nitrogens with zero attached hydrogens (tertiary/aromatic N) is 2. The largest absolute Gasteiger partial charge is 0.428 e. The van der Waals surface area contributed by atoms with Gasteiger partial charge < -0.3 is 15.5 Å². The number of H-pyrrole nitrogens is 1. The fourth-order valence-electron chi connectivity index (χ4n) is 2.08. The highest BCUT2D eigenvalue weighted by Gasteiger charge is 2.19. The summed E-state index contributed by atoms with van der Waals surface area (Å²) in [6.45, 7) is 6.15. The van der Waals surface area contributed by atoms with Crippen molar-refractivity contribution >= 4 is 28.5 Å². The predicted octanol–water partition coefficient (Wildman–Crippen LogP) is 2.69. The summed E-state index contributed by atoms with van der Waals surface area (Å²) in [5.74, 6) is 0.215. The van der Waals surface area contributed by atoms with E-state index in [1.54, 1.807) is 12.3 Å². The number of fused-ring (bicyclic) bond motifs is 1. The van der Waals surface area contributed by atoms with Crippen molar-refractivity contribution in [1.82, 2.24) is 15.2 Å². The van der Waals surface area contributed by atoms with Crippen molar-refractivity contribution in [3.05, 3.63) is 35.9 Å². The highest BCUT2D eigenvalue weighted by atomic mass is 16.4. The van der Waals surface area contributed by atoms with Crippen LogP contribution in [0.15, 0.2) is 28.8 Å². The van der Waals surface area contributed by atoms with Crippen molar-refractivity contribution in [2.45, 2.75) is 26.2 Å². The lowest BCUT2D eigenvalue weighted by molar-refractivity contribution is 0.0997. The molecule has 0 fully saturated rings. The molecule has 22 heavy (non-hydrogen) atoms. The van der Waals surface area contributed by atoms with Gasteiger partial charge in [0.2, 0.25) is 0 Å². The molecule has 114 valence electrons. The van der Waals surface area contributed by atoms with Gasteiger partial charge in [-0.05, 0) is 18.2 Å². The van der Waals surface area contributed by atoms with E-state index in [1.807, 2.05) is 32.9 Å². The lowest BCUT2D eigenvalue weighted by Crippen LogP contribution is -2.11. The van der Waals surface area contributed by atoms with Crippen molar-refractivity contribution in [2.24, 2.45) is 5.73 Å². The van der Waals surface area contributed by atoms with Gasteiger partial charge in [-0.25, -0.2) is 4.98 Å². The standard InChI is InChI=1S/C15H17N5O2/c1-15(2,3)11-7-17-14(22-11)18-8-4-5-10-9(6-8)12(13(16)21)20-19-10/h4-7H,1-3H3,(H2,16,21)(H,17,18)(H,19,20). The van der Waals surface area contributed by atoms with E-state index in [0.29, 0.717) is 11.4 Å². The zero-order valence-corrected chi connectivity index (χ0v) is 12.6. The molecule has 0 bridgehead atoms. The third-order valence-corrected chi connectivity index (χ3v) is 3.29. The number of primary amides is 1. The molecular weight excluding hydrogens is 282 g/mol. The molecule has 0 radical (unpaired) electrons. The molecule has 7 nitrogen and oxygen atoms in total. The molecule has 0 saturated carbocycles. The van der Waals surface area contributed by atoms with Crippen molar-refractivity contribution in [3.8, 4) is 0 Å². The SMILES string of the molecule is CC(C)(C)c1cnc(Nc2ccc3[nH]nc(C(N)=O)c3c2)o1. The van der Waals surface area contributed by atoms with Crippen molar-refractivity contribution in [1.29, 1.82) is 0 Å². The number of hydrogen-bond acceptors (Lipinski definition) is 5. The van der Waals surface area contributed by atoms with E-state index in [4.69, 9.17) is 10.2 Å². The van der Waals surface area contributed by atoms with Gasteiger partial charge >= 0.3 is 0 Å². The number of oxazole rings is 1. The van der Waals surface area contributed by atoms with Gasteiger partial charge in [0.1, 0.15) is 5.76 Å². The van der Waals surface area contributed by atoms with E-state index in [9.17, 15) is 4.79 Å². The normalized spacial score (nSPS) is 11.8. The molecule has 7 heteroatoms. The van der Waals surface area contributed by atoms with E-state index in [2.05, 4.69) is 20.5 Å². The van der Waals surface area contributed by atoms with Gasteiger partial charge in [-0.1, -0.05) is 20.8 Å². The van der Waals surface area contributed by atoms with Crippen LogP contribution in [0.1, 0.15) is 37.0 Å². The quantitative estimate of drug-likeness (QED) is 0.688. The van der Waals surface area contributed by atoms with Crippen LogP contribution in [0.25, 0.3) is 10.9 Å². The summed E-state index contributed by atoms with van der Waals surface area (Å²) in [7, 11) is 0. The summed E-state index contributed by atoms with van der Waals surface area (Å²) in [4.78, 5) is 15.6. The molecule has 4 N–H and O–H groups in total. The Morgan fingerprint density at radius 2 is 2.14 bits per heavy atom. The number of carbonyl (C=O) groups is 1. The highest BCUT2D eigenvalue weighted by molar-refractivity contribution is 6.04. The fraction of sp³-hybridized carbons (Fsp3) is 0.267. The second kappa shape index (κ2) is 4.87. The second-order valence-electron chi connectivity index (χ2n) is 6.10. The summed E-state index contributed by atoms with van der Waals surface area (Å²) in [5, 5.41) is 10.4. The minimum Gasteiger partial charge on any atom is -0.428 e. The van der Waals surface area contributed by atoms with E-state index in [-0.39, 0.29) is 11.1 Å². The maximum absolute atomic E-state index is 11.3. The molecule has 3 aromatic rings. The van der Waals surface area contributed by atoms with E-state index in [0.717, 1.165) is 17.0 Å². The van der Waals surface area contributed by atoms with Crippen LogP contribution >= 0.6 is 0 Å². The molecular formula is C15H17N5O2. The predicted molar refractivity (Wildman–Crippen MR) is 83.1 cm³/mol. The van der Waals surface area contributed by atoms with Gasteiger partial charge in [-0.2, -0.15) is 5.10 Å². The summed E-state index contributed by atoms with van der Waals surface area (Å²) < 4.78 is 5.69. The molecule has 1 amide bonds. The van der Waals surface area contributed by atoms with Crippen molar-refractivity contribution in [3.63, 3.8) is 0 Å². The Morgan fingerprint density at radius 1 is 1.36 bits per heavy atom. The Labute approximate surface area is 126 Å². The first-order valence-corrected chi connectivity index (χ1v) is 6.86. The monoisotopic (exact) mass is 299 g/mol. The second-order valence-corrected chi connectivity index (χ2v) is 6.10. The van der Waals surface area contributed by atoms with Gasteiger partial charge in [-0.15, -0.1) is 0 Å². The Morgan fingerprint density at radius 3 is 2.77 bits per heavy atom. The molecule has 0 unspecified atom stereocenters. The first-order valence-electron chi connectivity index (χ1n) is 6.86. The summed E-state index contributed by atoms with van der Waals surface area (Å²) in [5.41, 5.74) is 6.88. The van der Waals surface area contributed by atoms with E-state index in [1.165, 1.54) is 0 Å². The molecule has 2 aromatic heterocycles. The van der Waals surface area contributed by atoms with Crippen LogP contribution in [0.4, 0.5) is 11.7 Å². The number of benzene rings is 1. The minimum atomic E-state index is -0.574. The lowest BCUT2D eigenvalue weighted by Gasteiger charge is -2.13. The molecule has 0 aliphatic rings. The summed E-state index contributed by atoms with van der Waals surface area (Å²) in [6, 6.07) is 5.82. The Hall–Kier alpha value is -2.83. The zero-order valence-electron chi connectivity index (χ0n) is 12.6. The molecule has 0 atom stereocenters.